The van der Waals surface area contributed by atoms with Crippen LogP contribution in [0.15, 0.2) is 54.6 Å². The first-order valence-electron chi connectivity index (χ1n) is 10.5. The van der Waals surface area contributed by atoms with Gasteiger partial charge in [-0.15, -0.1) is 0 Å². The van der Waals surface area contributed by atoms with Crippen molar-refractivity contribution in [1.82, 2.24) is 9.80 Å². The third-order valence-corrected chi connectivity index (χ3v) is 6.34. The molecule has 2 saturated heterocycles. The standard InChI is InChI=1S/C24H31FN2/c25-23-10-8-20(9-11-23)17-21-12-15-26(16-13-21)19-24-7-4-14-27(24)18-22-5-2-1-3-6-22/h1-3,5-6,8-11,21,24H,4,7,12-19H2. The minimum absolute atomic E-state index is 0.134. The van der Waals surface area contributed by atoms with Crippen LogP contribution >= 0.6 is 0 Å². The maximum absolute atomic E-state index is 13.1. The molecule has 1 unspecified atom stereocenters. The first-order valence-corrected chi connectivity index (χ1v) is 10.5. The smallest absolute Gasteiger partial charge is 0.123 e. The number of rotatable bonds is 6. The maximum Gasteiger partial charge on any atom is 0.123 e. The Morgan fingerprint density at radius 1 is 0.815 bits per heavy atom. The first kappa shape index (κ1) is 18.6. The number of hydrogen-bond donors (Lipinski definition) is 0. The van der Waals surface area contributed by atoms with E-state index in [1.807, 2.05) is 12.1 Å². The molecule has 2 heterocycles. The molecule has 2 aliphatic rings. The molecule has 0 aromatic heterocycles. The second-order valence-electron chi connectivity index (χ2n) is 8.33. The van der Waals surface area contributed by atoms with Gasteiger partial charge in [0.2, 0.25) is 0 Å². The van der Waals surface area contributed by atoms with Crippen LogP contribution in [0.5, 0.6) is 0 Å². The number of hydrogen-bond acceptors (Lipinski definition) is 2. The zero-order valence-electron chi connectivity index (χ0n) is 16.2. The van der Waals surface area contributed by atoms with Crippen molar-refractivity contribution in [2.45, 2.75) is 44.7 Å². The van der Waals surface area contributed by atoms with E-state index in [0.717, 1.165) is 18.9 Å². The summed E-state index contributed by atoms with van der Waals surface area (Å²) in [6.07, 6.45) is 6.30. The average molecular weight is 367 g/mol. The average Bonchev–Trinajstić information content (AvgIpc) is 3.12. The Labute approximate surface area is 163 Å². The fourth-order valence-electron chi connectivity index (χ4n) is 4.75. The van der Waals surface area contributed by atoms with Gasteiger partial charge in [0.1, 0.15) is 5.82 Å². The predicted molar refractivity (Wildman–Crippen MR) is 109 cm³/mol. The molecule has 2 aromatic rings. The molecule has 144 valence electrons. The number of benzene rings is 2. The van der Waals surface area contributed by atoms with Gasteiger partial charge < -0.3 is 4.90 Å². The van der Waals surface area contributed by atoms with Gasteiger partial charge in [0.25, 0.3) is 0 Å². The van der Waals surface area contributed by atoms with Crippen LogP contribution in [0.4, 0.5) is 4.39 Å². The molecule has 0 N–H and O–H groups in total. The SMILES string of the molecule is Fc1ccc(CC2CCN(CC3CCCN3Cc3ccccc3)CC2)cc1. The van der Waals surface area contributed by atoms with E-state index in [4.69, 9.17) is 0 Å². The summed E-state index contributed by atoms with van der Waals surface area (Å²) in [6.45, 7) is 5.96. The summed E-state index contributed by atoms with van der Waals surface area (Å²) in [4.78, 5) is 5.36. The molecule has 2 nitrogen and oxygen atoms in total. The Kier molecular flexibility index (Phi) is 6.21. The molecule has 2 aliphatic heterocycles. The maximum atomic E-state index is 13.1. The van der Waals surface area contributed by atoms with Crippen LogP contribution in [-0.2, 0) is 13.0 Å². The fraction of sp³-hybridized carbons (Fsp3) is 0.500. The second-order valence-corrected chi connectivity index (χ2v) is 8.33. The lowest BCUT2D eigenvalue weighted by molar-refractivity contribution is 0.129. The van der Waals surface area contributed by atoms with Crippen molar-refractivity contribution in [3.8, 4) is 0 Å². The van der Waals surface area contributed by atoms with E-state index in [1.165, 1.54) is 63.0 Å². The summed E-state index contributed by atoms with van der Waals surface area (Å²) in [7, 11) is 0. The van der Waals surface area contributed by atoms with Gasteiger partial charge in [0, 0.05) is 19.1 Å². The van der Waals surface area contributed by atoms with Crippen molar-refractivity contribution in [3.63, 3.8) is 0 Å². The van der Waals surface area contributed by atoms with Crippen LogP contribution in [0, 0.1) is 11.7 Å². The molecule has 0 aliphatic carbocycles. The molecule has 0 saturated carbocycles. The lowest BCUT2D eigenvalue weighted by atomic mass is 9.90. The van der Waals surface area contributed by atoms with Gasteiger partial charge in [-0.3, -0.25) is 4.90 Å². The molecule has 0 bridgehead atoms. The van der Waals surface area contributed by atoms with E-state index in [1.54, 1.807) is 12.1 Å². The number of halogens is 1. The minimum atomic E-state index is -0.134. The zero-order valence-corrected chi connectivity index (χ0v) is 16.2. The Hall–Kier alpha value is -1.71. The number of piperidine rings is 1. The Morgan fingerprint density at radius 2 is 1.56 bits per heavy atom. The van der Waals surface area contributed by atoms with Crippen molar-refractivity contribution < 1.29 is 4.39 Å². The molecule has 4 rings (SSSR count). The third kappa shape index (κ3) is 5.18. The van der Waals surface area contributed by atoms with Gasteiger partial charge in [-0.2, -0.15) is 0 Å². The number of likely N-dealkylation sites (tertiary alicyclic amines) is 2. The van der Waals surface area contributed by atoms with Gasteiger partial charge in [-0.05, 0) is 80.9 Å². The third-order valence-electron chi connectivity index (χ3n) is 6.34. The molecular weight excluding hydrogens is 335 g/mol. The van der Waals surface area contributed by atoms with Gasteiger partial charge in [-0.25, -0.2) is 4.39 Å². The van der Waals surface area contributed by atoms with Crippen LogP contribution in [-0.4, -0.2) is 42.0 Å². The summed E-state index contributed by atoms with van der Waals surface area (Å²) >= 11 is 0. The Balaban J connectivity index is 1.24. The highest BCUT2D eigenvalue weighted by Gasteiger charge is 2.28. The van der Waals surface area contributed by atoms with Crippen LogP contribution in [0.2, 0.25) is 0 Å². The van der Waals surface area contributed by atoms with Gasteiger partial charge in [0.15, 0.2) is 0 Å². The Bertz CT molecular complexity index is 692. The quantitative estimate of drug-likeness (QED) is 0.728. The van der Waals surface area contributed by atoms with E-state index in [0.29, 0.717) is 6.04 Å². The number of nitrogens with zero attached hydrogens (tertiary/aromatic N) is 2. The molecule has 0 spiro atoms. The highest BCUT2D eigenvalue weighted by Crippen LogP contribution is 2.25. The first-order chi connectivity index (χ1) is 13.3. The van der Waals surface area contributed by atoms with Gasteiger partial charge >= 0.3 is 0 Å². The topological polar surface area (TPSA) is 6.48 Å². The highest BCUT2D eigenvalue weighted by molar-refractivity contribution is 5.17. The molecule has 1 atom stereocenters. The lowest BCUT2D eigenvalue weighted by Gasteiger charge is -2.36. The predicted octanol–water partition coefficient (Wildman–Crippen LogP) is 4.74. The summed E-state index contributed by atoms with van der Waals surface area (Å²) in [5.74, 6) is 0.612. The summed E-state index contributed by atoms with van der Waals surface area (Å²) in [5, 5.41) is 0. The van der Waals surface area contributed by atoms with Crippen molar-refractivity contribution in [3.05, 3.63) is 71.5 Å². The molecule has 3 heteroatoms. The fourth-order valence-corrected chi connectivity index (χ4v) is 4.75. The van der Waals surface area contributed by atoms with E-state index in [2.05, 4.69) is 40.1 Å². The monoisotopic (exact) mass is 366 g/mol. The van der Waals surface area contributed by atoms with Crippen LogP contribution in [0.1, 0.15) is 36.8 Å². The van der Waals surface area contributed by atoms with Crippen LogP contribution in [0.25, 0.3) is 0 Å². The van der Waals surface area contributed by atoms with Crippen molar-refractivity contribution in [2.75, 3.05) is 26.2 Å². The van der Waals surface area contributed by atoms with Crippen LogP contribution < -0.4 is 0 Å². The van der Waals surface area contributed by atoms with E-state index < -0.39 is 0 Å². The molecule has 2 fully saturated rings. The van der Waals surface area contributed by atoms with Gasteiger partial charge in [0.05, 0.1) is 0 Å². The van der Waals surface area contributed by atoms with E-state index >= 15 is 0 Å². The lowest BCUT2D eigenvalue weighted by Crippen LogP contribution is -2.43. The molecule has 27 heavy (non-hydrogen) atoms. The summed E-state index contributed by atoms with van der Waals surface area (Å²) < 4.78 is 13.1. The van der Waals surface area contributed by atoms with E-state index in [9.17, 15) is 4.39 Å². The molecule has 0 radical (unpaired) electrons. The van der Waals surface area contributed by atoms with Crippen LogP contribution in [0.3, 0.4) is 0 Å². The van der Waals surface area contributed by atoms with Crippen molar-refractivity contribution >= 4 is 0 Å². The highest BCUT2D eigenvalue weighted by atomic mass is 19.1. The normalized spacial score (nSPS) is 22.3. The molecule has 0 amide bonds. The molecular formula is C24H31FN2. The van der Waals surface area contributed by atoms with Crippen molar-refractivity contribution in [2.24, 2.45) is 5.92 Å². The summed E-state index contributed by atoms with van der Waals surface area (Å²) in [6, 6.07) is 18.7. The summed E-state index contributed by atoms with van der Waals surface area (Å²) in [5.41, 5.74) is 2.71. The largest absolute Gasteiger partial charge is 0.302 e. The van der Waals surface area contributed by atoms with E-state index in [-0.39, 0.29) is 5.82 Å². The second kappa shape index (κ2) is 8.99. The molecule has 2 aromatic carbocycles. The van der Waals surface area contributed by atoms with Crippen molar-refractivity contribution in [1.29, 1.82) is 0 Å². The zero-order chi connectivity index (χ0) is 18.5. The van der Waals surface area contributed by atoms with Gasteiger partial charge in [-0.1, -0.05) is 42.5 Å². The minimum Gasteiger partial charge on any atom is -0.302 e. The Morgan fingerprint density at radius 3 is 2.30 bits per heavy atom.